The molecule has 1 aliphatic carbocycles. The smallest absolute Gasteiger partial charge is 0.323 e. The van der Waals surface area contributed by atoms with E-state index in [2.05, 4.69) is 32.5 Å². The number of carbonyl (C=O) groups excluding carboxylic acids is 2. The minimum atomic E-state index is -0.363. The molecule has 30 heavy (non-hydrogen) atoms. The average molecular weight is 406 g/mol. The number of fused-ring (bicyclic) bond motifs is 1. The zero-order chi connectivity index (χ0) is 21.1. The van der Waals surface area contributed by atoms with E-state index in [-0.39, 0.29) is 18.0 Å². The van der Waals surface area contributed by atoms with Crippen molar-refractivity contribution in [3.63, 3.8) is 0 Å². The minimum absolute atomic E-state index is 0.240. The molecule has 2 heterocycles. The highest BCUT2D eigenvalue weighted by molar-refractivity contribution is 5.99. The lowest BCUT2D eigenvalue weighted by atomic mass is 9.95. The summed E-state index contributed by atoms with van der Waals surface area (Å²) in [5.74, 6) is 0.761. The second kappa shape index (κ2) is 8.52. The van der Waals surface area contributed by atoms with Gasteiger partial charge in [0.05, 0.1) is 6.04 Å². The Kier molecular flexibility index (Phi) is 5.65. The predicted octanol–water partition coefficient (Wildman–Crippen LogP) is 3.91. The molecule has 1 unspecified atom stereocenters. The number of anilines is 3. The van der Waals surface area contributed by atoms with Crippen LogP contribution in [0.3, 0.4) is 0 Å². The molecule has 1 saturated carbocycles. The van der Waals surface area contributed by atoms with E-state index < -0.39 is 0 Å². The van der Waals surface area contributed by atoms with Crippen LogP contribution in [0.5, 0.6) is 0 Å². The van der Waals surface area contributed by atoms with E-state index in [0.717, 1.165) is 24.0 Å². The number of rotatable bonds is 5. The third-order valence-electron chi connectivity index (χ3n) is 5.64. The third kappa shape index (κ3) is 4.12. The van der Waals surface area contributed by atoms with Gasteiger partial charge < -0.3 is 15.5 Å². The number of nitrogens with zero attached hydrogens (tertiary/aromatic N) is 3. The lowest BCUT2D eigenvalue weighted by Gasteiger charge is -2.34. The van der Waals surface area contributed by atoms with Crippen LogP contribution in [-0.4, -0.2) is 39.9 Å². The number of benzene rings is 1. The molecule has 0 saturated heterocycles. The van der Waals surface area contributed by atoms with Gasteiger partial charge >= 0.3 is 6.03 Å². The Morgan fingerprint density at radius 2 is 2.10 bits per heavy atom. The first-order valence-electron chi connectivity index (χ1n) is 10.3. The van der Waals surface area contributed by atoms with Gasteiger partial charge in [0.25, 0.3) is 0 Å². The molecule has 0 spiro atoms. The van der Waals surface area contributed by atoms with E-state index >= 15 is 0 Å². The van der Waals surface area contributed by atoms with Gasteiger partial charge in [-0.2, -0.15) is 4.98 Å². The van der Waals surface area contributed by atoms with Crippen molar-refractivity contribution in [3.8, 4) is 0 Å². The van der Waals surface area contributed by atoms with E-state index in [1.165, 1.54) is 25.3 Å². The Labute approximate surface area is 175 Å². The van der Waals surface area contributed by atoms with E-state index in [1.807, 2.05) is 18.2 Å². The molecule has 4 rings (SSSR count). The lowest BCUT2D eigenvalue weighted by Crippen LogP contribution is -2.40. The highest BCUT2D eigenvalue weighted by Crippen LogP contribution is 2.36. The van der Waals surface area contributed by atoms with Crippen LogP contribution in [0.2, 0.25) is 0 Å². The normalized spacial score (nSPS) is 18.9. The SMILES string of the molecule is C=CC(=O)Nc1cccc(C2c3cnc(NC4CCCCC4)nc3NC(=O)N2C)c1. The van der Waals surface area contributed by atoms with Crippen LogP contribution in [0.25, 0.3) is 0 Å². The first-order valence-corrected chi connectivity index (χ1v) is 10.3. The number of amides is 3. The molecule has 1 aromatic heterocycles. The molecule has 2 aromatic rings. The molecular weight excluding hydrogens is 380 g/mol. The van der Waals surface area contributed by atoms with Crippen molar-refractivity contribution in [2.24, 2.45) is 0 Å². The zero-order valence-corrected chi connectivity index (χ0v) is 17.0. The van der Waals surface area contributed by atoms with Crippen LogP contribution in [0, 0.1) is 0 Å². The first kappa shape index (κ1) is 19.9. The minimum Gasteiger partial charge on any atom is -0.351 e. The van der Waals surface area contributed by atoms with Gasteiger partial charge in [-0.25, -0.2) is 9.78 Å². The Bertz CT molecular complexity index is 970. The molecule has 1 atom stereocenters. The number of aromatic nitrogens is 2. The summed E-state index contributed by atoms with van der Waals surface area (Å²) in [4.78, 5) is 35.0. The van der Waals surface area contributed by atoms with Gasteiger partial charge in [0.2, 0.25) is 11.9 Å². The van der Waals surface area contributed by atoms with E-state index in [1.54, 1.807) is 24.2 Å². The highest BCUT2D eigenvalue weighted by Gasteiger charge is 2.33. The highest BCUT2D eigenvalue weighted by atomic mass is 16.2. The van der Waals surface area contributed by atoms with Crippen molar-refractivity contribution in [1.29, 1.82) is 0 Å². The molecule has 0 bridgehead atoms. The Morgan fingerprint density at radius 1 is 1.30 bits per heavy atom. The van der Waals surface area contributed by atoms with Crippen molar-refractivity contribution in [2.75, 3.05) is 23.0 Å². The number of nitrogens with one attached hydrogen (secondary N) is 3. The van der Waals surface area contributed by atoms with Crippen molar-refractivity contribution in [1.82, 2.24) is 14.9 Å². The Balaban J connectivity index is 1.63. The number of hydrogen-bond acceptors (Lipinski definition) is 5. The molecule has 1 aliphatic heterocycles. The fourth-order valence-corrected chi connectivity index (χ4v) is 4.09. The molecule has 3 N–H and O–H groups in total. The van der Waals surface area contributed by atoms with Gasteiger partial charge in [0.15, 0.2) is 0 Å². The first-order chi connectivity index (χ1) is 14.5. The van der Waals surface area contributed by atoms with Gasteiger partial charge in [-0.1, -0.05) is 38.0 Å². The van der Waals surface area contributed by atoms with Crippen LogP contribution in [0.1, 0.15) is 49.3 Å². The maximum absolute atomic E-state index is 12.6. The zero-order valence-electron chi connectivity index (χ0n) is 17.0. The average Bonchev–Trinajstić information content (AvgIpc) is 2.75. The molecule has 2 aliphatic rings. The molecule has 1 fully saturated rings. The maximum atomic E-state index is 12.6. The van der Waals surface area contributed by atoms with Crippen molar-refractivity contribution in [3.05, 3.63) is 54.2 Å². The molecular formula is C22H26N6O2. The van der Waals surface area contributed by atoms with E-state index in [0.29, 0.717) is 23.5 Å². The maximum Gasteiger partial charge on any atom is 0.323 e. The fourth-order valence-electron chi connectivity index (χ4n) is 4.09. The summed E-state index contributed by atoms with van der Waals surface area (Å²) < 4.78 is 0. The molecule has 1 aromatic carbocycles. The molecule has 8 heteroatoms. The second-order valence-electron chi connectivity index (χ2n) is 7.74. The topological polar surface area (TPSA) is 99.2 Å². The summed E-state index contributed by atoms with van der Waals surface area (Å²) >= 11 is 0. The quantitative estimate of drug-likeness (QED) is 0.654. The molecule has 8 nitrogen and oxygen atoms in total. The van der Waals surface area contributed by atoms with Gasteiger partial charge in [-0.05, 0) is 36.6 Å². The summed E-state index contributed by atoms with van der Waals surface area (Å²) in [6.07, 6.45) is 8.91. The standard InChI is InChI=1S/C22H26N6O2/c1-3-18(29)24-16-11-7-8-14(12-16)19-17-13-23-21(25-15-9-5-4-6-10-15)26-20(17)27-22(30)28(19)2/h3,7-8,11-13,15,19H,1,4-6,9-10H2,2H3,(H,24,29)(H2,23,25,26,27,30). The Morgan fingerprint density at radius 3 is 2.87 bits per heavy atom. The fraction of sp³-hybridized carbons (Fsp3) is 0.364. The third-order valence-corrected chi connectivity index (χ3v) is 5.64. The summed E-state index contributed by atoms with van der Waals surface area (Å²) in [6, 6.07) is 7.17. The van der Waals surface area contributed by atoms with Gasteiger partial charge in [0.1, 0.15) is 5.82 Å². The monoisotopic (exact) mass is 406 g/mol. The van der Waals surface area contributed by atoms with Crippen LogP contribution in [-0.2, 0) is 4.79 Å². The van der Waals surface area contributed by atoms with Crippen LogP contribution in [0.15, 0.2) is 43.1 Å². The molecule has 156 valence electrons. The summed E-state index contributed by atoms with van der Waals surface area (Å²) in [5, 5.41) is 9.02. The second-order valence-corrected chi connectivity index (χ2v) is 7.74. The number of hydrogen-bond donors (Lipinski definition) is 3. The van der Waals surface area contributed by atoms with E-state index in [4.69, 9.17) is 0 Å². The van der Waals surface area contributed by atoms with Crippen molar-refractivity contribution in [2.45, 2.75) is 44.2 Å². The molecule has 0 radical (unpaired) electrons. The van der Waals surface area contributed by atoms with Gasteiger partial charge in [-0.15, -0.1) is 0 Å². The number of urea groups is 1. The Hall–Kier alpha value is -3.42. The van der Waals surface area contributed by atoms with Crippen LogP contribution >= 0.6 is 0 Å². The number of carbonyl (C=O) groups is 2. The van der Waals surface area contributed by atoms with E-state index in [9.17, 15) is 9.59 Å². The van der Waals surface area contributed by atoms with Gasteiger partial charge in [-0.3, -0.25) is 10.1 Å². The predicted molar refractivity (Wildman–Crippen MR) is 116 cm³/mol. The summed E-state index contributed by atoms with van der Waals surface area (Å²) in [5.41, 5.74) is 2.29. The van der Waals surface area contributed by atoms with Crippen molar-refractivity contribution < 1.29 is 9.59 Å². The largest absolute Gasteiger partial charge is 0.351 e. The van der Waals surface area contributed by atoms with Gasteiger partial charge in [0, 0.05) is 30.5 Å². The van der Waals surface area contributed by atoms with Crippen LogP contribution in [0.4, 0.5) is 22.2 Å². The lowest BCUT2D eigenvalue weighted by molar-refractivity contribution is -0.111. The summed E-state index contributed by atoms with van der Waals surface area (Å²) in [6.45, 7) is 3.48. The van der Waals surface area contributed by atoms with Crippen molar-refractivity contribution >= 4 is 29.4 Å². The summed E-state index contributed by atoms with van der Waals surface area (Å²) in [7, 11) is 1.73. The molecule has 3 amide bonds. The van der Waals surface area contributed by atoms with Crippen LogP contribution < -0.4 is 16.0 Å².